The Bertz CT molecular complexity index is 477. The van der Waals surface area contributed by atoms with Crippen LogP contribution in [-0.2, 0) is 14.3 Å². The van der Waals surface area contributed by atoms with E-state index < -0.39 is 12.2 Å². The van der Waals surface area contributed by atoms with Gasteiger partial charge in [0.2, 0.25) is 6.23 Å². The zero-order valence-corrected chi connectivity index (χ0v) is 18.5. The molecule has 0 aromatic carbocycles. The van der Waals surface area contributed by atoms with Gasteiger partial charge in [0.25, 0.3) is 0 Å². The number of hydrogen-bond acceptors (Lipinski definition) is 3. The number of rotatable bonds is 17. The van der Waals surface area contributed by atoms with Gasteiger partial charge in [0.1, 0.15) is 0 Å². The van der Waals surface area contributed by atoms with Crippen LogP contribution in [0.5, 0.6) is 0 Å². The normalized spacial score (nSPS) is 13.3. The highest BCUT2D eigenvalue weighted by Crippen LogP contribution is 2.15. The maximum absolute atomic E-state index is 12.1. The van der Waals surface area contributed by atoms with E-state index in [4.69, 9.17) is 9.84 Å². The van der Waals surface area contributed by atoms with E-state index in [1.807, 2.05) is 21.1 Å². The number of aliphatic carboxylic acids is 1. The third-order valence-corrected chi connectivity index (χ3v) is 4.55. The third-order valence-electron chi connectivity index (χ3n) is 4.55. The molecule has 5 nitrogen and oxygen atoms in total. The molecule has 0 saturated heterocycles. The van der Waals surface area contributed by atoms with Crippen molar-refractivity contribution < 1.29 is 23.9 Å². The molecule has 0 unspecified atom stereocenters. The molecule has 0 aromatic heterocycles. The molecule has 0 aliphatic carbocycles. The predicted molar refractivity (Wildman–Crippen MR) is 115 cm³/mol. The first-order valence-electron chi connectivity index (χ1n) is 10.8. The molecule has 0 amide bonds. The molecule has 162 valence electrons. The summed E-state index contributed by atoms with van der Waals surface area (Å²) in [5, 5.41) is 8.84. The fraction of sp³-hybridized carbons (Fsp3) is 0.739. The molecule has 0 fully saturated rings. The molecule has 0 heterocycles. The van der Waals surface area contributed by atoms with E-state index in [2.05, 4.69) is 31.2 Å². The number of quaternary nitrogens is 1. The Morgan fingerprint density at radius 1 is 0.893 bits per heavy atom. The van der Waals surface area contributed by atoms with Crippen LogP contribution < -0.4 is 0 Å². The monoisotopic (exact) mass is 396 g/mol. The van der Waals surface area contributed by atoms with E-state index in [0.717, 1.165) is 32.1 Å². The summed E-state index contributed by atoms with van der Waals surface area (Å²) in [6.45, 7) is 2.19. The van der Waals surface area contributed by atoms with Crippen molar-refractivity contribution in [2.75, 3.05) is 21.1 Å². The number of carboxylic acid groups (broad SMARTS) is 1. The van der Waals surface area contributed by atoms with Gasteiger partial charge >= 0.3 is 11.9 Å². The Labute approximate surface area is 172 Å². The van der Waals surface area contributed by atoms with Crippen molar-refractivity contribution in [1.29, 1.82) is 0 Å². The Morgan fingerprint density at radius 2 is 1.50 bits per heavy atom. The van der Waals surface area contributed by atoms with Crippen LogP contribution in [0.3, 0.4) is 0 Å². The number of carbonyl (C=O) groups excluding carboxylic acids is 1. The fourth-order valence-electron chi connectivity index (χ4n) is 2.80. The van der Waals surface area contributed by atoms with Gasteiger partial charge in [0, 0.05) is 12.8 Å². The maximum Gasteiger partial charge on any atom is 0.310 e. The SMILES string of the molecule is CCC/C=C\C/C=C\CCCCCCCC(=O)O[C@@H](CCC(=O)O)[N+](C)(C)C. The summed E-state index contributed by atoms with van der Waals surface area (Å²) in [5.41, 5.74) is 0. The molecule has 0 aliphatic rings. The first kappa shape index (κ1) is 26.4. The Kier molecular flexibility index (Phi) is 15.4. The molecule has 0 spiro atoms. The summed E-state index contributed by atoms with van der Waals surface area (Å²) < 4.78 is 5.95. The largest absolute Gasteiger partial charge is 0.481 e. The van der Waals surface area contributed by atoms with E-state index in [9.17, 15) is 9.59 Å². The Morgan fingerprint density at radius 3 is 2.11 bits per heavy atom. The molecule has 0 aliphatic heterocycles. The second kappa shape index (κ2) is 16.3. The maximum atomic E-state index is 12.1. The lowest BCUT2D eigenvalue weighted by Crippen LogP contribution is -2.47. The lowest BCUT2D eigenvalue weighted by molar-refractivity contribution is -0.917. The first-order chi connectivity index (χ1) is 13.3. The zero-order valence-electron chi connectivity index (χ0n) is 18.5. The lowest BCUT2D eigenvalue weighted by atomic mass is 10.1. The summed E-state index contributed by atoms with van der Waals surface area (Å²) >= 11 is 0. The van der Waals surface area contributed by atoms with Crippen molar-refractivity contribution in [2.45, 2.75) is 90.2 Å². The van der Waals surface area contributed by atoms with Gasteiger partial charge in [0.15, 0.2) is 0 Å². The van der Waals surface area contributed by atoms with Crippen LogP contribution in [0.1, 0.15) is 84.0 Å². The van der Waals surface area contributed by atoms with Crippen molar-refractivity contribution in [1.82, 2.24) is 0 Å². The second-order valence-corrected chi connectivity index (χ2v) is 8.27. The topological polar surface area (TPSA) is 63.6 Å². The summed E-state index contributed by atoms with van der Waals surface area (Å²) in [6.07, 6.45) is 19.2. The standard InChI is InChI=1S/C23H41NO4/c1-5-6-7-8-9-10-11-12-13-14-15-16-17-18-23(27)28-21(24(2,3)4)19-20-22(25)26/h7-8,10-11,21H,5-6,9,12-20H2,1-4H3/p+1/b8-7-,11-10-/t21-/m0/s1. The molecule has 28 heavy (non-hydrogen) atoms. The molecule has 0 aromatic rings. The van der Waals surface area contributed by atoms with Crippen LogP contribution in [0, 0.1) is 0 Å². The second-order valence-electron chi connectivity index (χ2n) is 8.27. The van der Waals surface area contributed by atoms with Gasteiger partial charge in [-0.2, -0.15) is 0 Å². The molecule has 0 rings (SSSR count). The van der Waals surface area contributed by atoms with Crippen LogP contribution in [-0.4, -0.2) is 48.9 Å². The summed E-state index contributed by atoms with van der Waals surface area (Å²) in [6, 6.07) is 0. The molecule has 1 N–H and O–H groups in total. The highest BCUT2D eigenvalue weighted by Gasteiger charge is 2.28. The smallest absolute Gasteiger partial charge is 0.310 e. The van der Waals surface area contributed by atoms with E-state index in [0.29, 0.717) is 17.3 Å². The molecule has 0 saturated carbocycles. The van der Waals surface area contributed by atoms with Crippen molar-refractivity contribution in [2.24, 2.45) is 0 Å². The lowest BCUT2D eigenvalue weighted by Gasteiger charge is -2.32. The van der Waals surface area contributed by atoms with Gasteiger partial charge < -0.3 is 9.84 Å². The van der Waals surface area contributed by atoms with Crippen LogP contribution in [0.25, 0.3) is 0 Å². The van der Waals surface area contributed by atoms with Gasteiger partial charge in [-0.3, -0.25) is 14.1 Å². The molecule has 5 heteroatoms. The summed E-state index contributed by atoms with van der Waals surface area (Å²) in [5.74, 6) is -1.08. The quantitative estimate of drug-likeness (QED) is 0.117. The number of carbonyl (C=O) groups is 2. The van der Waals surface area contributed by atoms with Crippen molar-refractivity contribution >= 4 is 11.9 Å². The average molecular weight is 397 g/mol. The molecule has 1 atom stereocenters. The molecule has 0 radical (unpaired) electrons. The fourth-order valence-corrected chi connectivity index (χ4v) is 2.80. The number of hydrogen-bond donors (Lipinski definition) is 1. The molecule has 0 bridgehead atoms. The van der Waals surface area contributed by atoms with Crippen molar-refractivity contribution in [3.8, 4) is 0 Å². The first-order valence-corrected chi connectivity index (χ1v) is 10.8. The number of allylic oxidation sites excluding steroid dienone is 4. The average Bonchev–Trinajstić information content (AvgIpc) is 2.61. The predicted octanol–water partition coefficient (Wildman–Crippen LogP) is 5.46. The minimum Gasteiger partial charge on any atom is -0.481 e. The third kappa shape index (κ3) is 16.5. The number of carboxylic acids is 1. The Balaban J connectivity index is 3.77. The van der Waals surface area contributed by atoms with E-state index >= 15 is 0 Å². The Hall–Kier alpha value is -1.62. The molecular formula is C23H42NO4+. The van der Waals surface area contributed by atoms with Crippen LogP contribution in [0.4, 0.5) is 0 Å². The zero-order chi connectivity index (χ0) is 21.3. The van der Waals surface area contributed by atoms with Crippen LogP contribution >= 0.6 is 0 Å². The number of ether oxygens (including phenoxy) is 1. The van der Waals surface area contributed by atoms with Crippen molar-refractivity contribution in [3.63, 3.8) is 0 Å². The highest BCUT2D eigenvalue weighted by atomic mass is 16.6. The number of esters is 1. The van der Waals surface area contributed by atoms with E-state index in [1.165, 1.54) is 25.7 Å². The minimum absolute atomic E-state index is 0.0109. The summed E-state index contributed by atoms with van der Waals surface area (Å²) in [7, 11) is 5.74. The minimum atomic E-state index is -0.864. The molecular weight excluding hydrogens is 354 g/mol. The van der Waals surface area contributed by atoms with E-state index in [1.54, 1.807) is 0 Å². The van der Waals surface area contributed by atoms with Gasteiger partial charge in [-0.25, -0.2) is 0 Å². The number of nitrogens with zero attached hydrogens (tertiary/aromatic N) is 1. The van der Waals surface area contributed by atoms with Crippen molar-refractivity contribution in [3.05, 3.63) is 24.3 Å². The van der Waals surface area contributed by atoms with Gasteiger partial charge in [-0.1, -0.05) is 56.9 Å². The van der Waals surface area contributed by atoms with Gasteiger partial charge in [0.05, 0.1) is 27.6 Å². The number of unbranched alkanes of at least 4 members (excludes halogenated alkanes) is 6. The van der Waals surface area contributed by atoms with Gasteiger partial charge in [-0.05, 0) is 32.1 Å². The van der Waals surface area contributed by atoms with E-state index in [-0.39, 0.29) is 12.4 Å². The highest BCUT2D eigenvalue weighted by molar-refractivity contribution is 5.69. The van der Waals surface area contributed by atoms with Crippen LogP contribution in [0.2, 0.25) is 0 Å². The summed E-state index contributed by atoms with van der Waals surface area (Å²) in [4.78, 5) is 22.8. The van der Waals surface area contributed by atoms with Gasteiger partial charge in [-0.15, -0.1) is 0 Å². The van der Waals surface area contributed by atoms with Crippen LogP contribution in [0.15, 0.2) is 24.3 Å².